The molecular formula is C21H20N4O3. The van der Waals surface area contributed by atoms with E-state index in [0.29, 0.717) is 23.4 Å². The molecule has 1 aromatic heterocycles. The van der Waals surface area contributed by atoms with E-state index in [0.717, 1.165) is 25.1 Å². The maximum atomic E-state index is 12.7. The SMILES string of the molecule is O=C(c1ccccc1)c1ccc(N2CCC[C@H](c3ccn[nH]3)C2)c([N+](=O)[O-])c1. The van der Waals surface area contributed by atoms with Crippen LogP contribution in [0.15, 0.2) is 60.8 Å². The highest BCUT2D eigenvalue weighted by atomic mass is 16.6. The molecule has 1 fully saturated rings. The van der Waals surface area contributed by atoms with Crippen molar-refractivity contribution in [2.24, 2.45) is 0 Å². The number of nitrogens with one attached hydrogen (secondary N) is 1. The zero-order valence-electron chi connectivity index (χ0n) is 15.2. The third-order valence-electron chi connectivity index (χ3n) is 5.19. The Kier molecular flexibility index (Phi) is 4.89. The van der Waals surface area contributed by atoms with Crippen LogP contribution in [0.2, 0.25) is 0 Å². The summed E-state index contributed by atoms with van der Waals surface area (Å²) in [7, 11) is 0. The number of hydrogen-bond acceptors (Lipinski definition) is 5. The monoisotopic (exact) mass is 376 g/mol. The molecular weight excluding hydrogens is 356 g/mol. The molecule has 1 aliphatic heterocycles. The molecule has 0 aliphatic carbocycles. The van der Waals surface area contributed by atoms with Crippen LogP contribution in [0.4, 0.5) is 11.4 Å². The van der Waals surface area contributed by atoms with Crippen molar-refractivity contribution < 1.29 is 9.72 Å². The molecule has 1 aliphatic rings. The van der Waals surface area contributed by atoms with E-state index in [1.165, 1.54) is 6.07 Å². The lowest BCUT2D eigenvalue weighted by Crippen LogP contribution is -2.35. The molecule has 0 amide bonds. The van der Waals surface area contributed by atoms with Crippen LogP contribution in [0.1, 0.15) is 40.4 Å². The smallest absolute Gasteiger partial charge is 0.293 e. The number of aromatic nitrogens is 2. The normalized spacial score (nSPS) is 16.7. The third kappa shape index (κ3) is 3.51. The van der Waals surface area contributed by atoms with E-state index < -0.39 is 4.92 Å². The number of nitro benzene ring substituents is 1. The van der Waals surface area contributed by atoms with Crippen molar-refractivity contribution in [3.63, 3.8) is 0 Å². The van der Waals surface area contributed by atoms with Gasteiger partial charge < -0.3 is 4.90 Å². The number of carbonyl (C=O) groups excluding carboxylic acids is 1. The number of H-pyrrole nitrogens is 1. The van der Waals surface area contributed by atoms with Crippen LogP contribution in [-0.4, -0.2) is 34.0 Å². The van der Waals surface area contributed by atoms with Gasteiger partial charge in [0.05, 0.1) is 4.92 Å². The van der Waals surface area contributed by atoms with Gasteiger partial charge in [-0.3, -0.25) is 20.0 Å². The van der Waals surface area contributed by atoms with Crippen molar-refractivity contribution in [3.05, 3.63) is 87.7 Å². The minimum atomic E-state index is -0.406. The second kappa shape index (κ2) is 7.64. The van der Waals surface area contributed by atoms with E-state index in [-0.39, 0.29) is 17.4 Å². The number of carbonyl (C=O) groups is 1. The number of ketones is 1. The van der Waals surface area contributed by atoms with Crippen LogP contribution in [0.3, 0.4) is 0 Å². The summed E-state index contributed by atoms with van der Waals surface area (Å²) in [5.74, 6) is 0.0331. The van der Waals surface area contributed by atoms with Crippen LogP contribution >= 0.6 is 0 Å². The second-order valence-electron chi connectivity index (χ2n) is 6.95. The standard InChI is InChI=1S/C21H20N4O3/c26-21(15-5-2-1-3-6-15)16-8-9-19(20(13-16)25(27)28)24-12-4-7-17(14-24)18-10-11-22-23-18/h1-3,5-6,8-11,13,17H,4,7,12,14H2,(H,22,23)/t17-/m0/s1. The first-order chi connectivity index (χ1) is 13.6. The van der Waals surface area contributed by atoms with Gasteiger partial charge in [-0.15, -0.1) is 0 Å². The summed E-state index contributed by atoms with van der Waals surface area (Å²) < 4.78 is 0. The molecule has 7 nitrogen and oxygen atoms in total. The van der Waals surface area contributed by atoms with Gasteiger partial charge in [0.1, 0.15) is 5.69 Å². The molecule has 2 heterocycles. The molecule has 28 heavy (non-hydrogen) atoms. The number of rotatable bonds is 5. The Morgan fingerprint density at radius 3 is 2.68 bits per heavy atom. The number of benzene rings is 2. The Labute approximate surface area is 162 Å². The Morgan fingerprint density at radius 1 is 1.14 bits per heavy atom. The largest absolute Gasteiger partial charge is 0.365 e. The number of anilines is 1. The number of hydrogen-bond donors (Lipinski definition) is 1. The van der Waals surface area contributed by atoms with E-state index in [2.05, 4.69) is 10.2 Å². The van der Waals surface area contributed by atoms with Crippen LogP contribution < -0.4 is 4.90 Å². The van der Waals surface area contributed by atoms with Gasteiger partial charge in [0, 0.05) is 48.1 Å². The summed E-state index contributed by atoms with van der Waals surface area (Å²) in [5.41, 5.74) is 2.40. The maximum absolute atomic E-state index is 12.7. The highest BCUT2D eigenvalue weighted by Gasteiger charge is 2.28. The summed E-state index contributed by atoms with van der Waals surface area (Å²) in [6.45, 7) is 1.42. The fourth-order valence-corrected chi connectivity index (χ4v) is 3.78. The summed E-state index contributed by atoms with van der Waals surface area (Å²) in [5, 5.41) is 18.8. The van der Waals surface area contributed by atoms with Crippen molar-refractivity contribution in [2.45, 2.75) is 18.8 Å². The Balaban J connectivity index is 1.64. The van der Waals surface area contributed by atoms with E-state index in [1.54, 1.807) is 42.6 Å². The fraction of sp³-hybridized carbons (Fsp3) is 0.238. The topological polar surface area (TPSA) is 92.1 Å². The fourth-order valence-electron chi connectivity index (χ4n) is 3.78. The van der Waals surface area contributed by atoms with Crippen LogP contribution in [0, 0.1) is 10.1 Å². The number of aromatic amines is 1. The molecule has 3 aromatic rings. The molecule has 2 aromatic carbocycles. The van der Waals surface area contributed by atoms with Gasteiger partial charge in [0.2, 0.25) is 0 Å². The number of nitro groups is 1. The first-order valence-electron chi connectivity index (χ1n) is 9.26. The molecule has 0 saturated carbocycles. The Hall–Kier alpha value is -3.48. The molecule has 0 spiro atoms. The minimum Gasteiger partial charge on any atom is -0.365 e. The molecule has 7 heteroatoms. The molecule has 1 N–H and O–H groups in total. The lowest BCUT2D eigenvalue weighted by atomic mass is 9.94. The van der Waals surface area contributed by atoms with Gasteiger partial charge in [0.15, 0.2) is 5.78 Å². The molecule has 4 rings (SSSR count). The van der Waals surface area contributed by atoms with E-state index in [1.807, 2.05) is 17.0 Å². The lowest BCUT2D eigenvalue weighted by molar-refractivity contribution is -0.384. The van der Waals surface area contributed by atoms with E-state index >= 15 is 0 Å². The van der Waals surface area contributed by atoms with Crippen molar-refractivity contribution in [2.75, 3.05) is 18.0 Å². The van der Waals surface area contributed by atoms with Crippen molar-refractivity contribution in [1.82, 2.24) is 10.2 Å². The summed E-state index contributed by atoms with van der Waals surface area (Å²) in [6, 6.07) is 15.5. The van der Waals surface area contributed by atoms with Gasteiger partial charge in [-0.1, -0.05) is 30.3 Å². The first-order valence-corrected chi connectivity index (χ1v) is 9.26. The minimum absolute atomic E-state index is 0.0351. The third-order valence-corrected chi connectivity index (χ3v) is 5.19. The summed E-state index contributed by atoms with van der Waals surface area (Å²) >= 11 is 0. The zero-order chi connectivity index (χ0) is 19.5. The molecule has 0 bridgehead atoms. The average molecular weight is 376 g/mol. The van der Waals surface area contributed by atoms with Crippen LogP contribution in [0.5, 0.6) is 0 Å². The van der Waals surface area contributed by atoms with Gasteiger partial charge in [-0.2, -0.15) is 5.10 Å². The van der Waals surface area contributed by atoms with Gasteiger partial charge in [-0.25, -0.2) is 0 Å². The molecule has 0 radical (unpaired) electrons. The number of piperidine rings is 1. The lowest BCUT2D eigenvalue weighted by Gasteiger charge is -2.33. The predicted molar refractivity (Wildman–Crippen MR) is 106 cm³/mol. The first kappa shape index (κ1) is 17.9. The molecule has 1 atom stereocenters. The van der Waals surface area contributed by atoms with Crippen LogP contribution in [-0.2, 0) is 0 Å². The van der Waals surface area contributed by atoms with Gasteiger partial charge >= 0.3 is 0 Å². The second-order valence-corrected chi connectivity index (χ2v) is 6.95. The summed E-state index contributed by atoms with van der Waals surface area (Å²) in [6.07, 6.45) is 3.67. The highest BCUT2D eigenvalue weighted by molar-refractivity contribution is 6.09. The quantitative estimate of drug-likeness (QED) is 0.414. The van der Waals surface area contributed by atoms with Gasteiger partial charge in [0.25, 0.3) is 5.69 Å². The molecule has 1 saturated heterocycles. The van der Waals surface area contributed by atoms with Gasteiger partial charge in [-0.05, 0) is 31.0 Å². The number of nitrogens with zero attached hydrogens (tertiary/aromatic N) is 3. The zero-order valence-corrected chi connectivity index (χ0v) is 15.2. The Morgan fingerprint density at radius 2 is 1.96 bits per heavy atom. The van der Waals surface area contributed by atoms with Crippen molar-refractivity contribution in [1.29, 1.82) is 0 Å². The molecule has 0 unspecified atom stereocenters. The van der Waals surface area contributed by atoms with E-state index in [9.17, 15) is 14.9 Å². The van der Waals surface area contributed by atoms with Crippen molar-refractivity contribution in [3.8, 4) is 0 Å². The van der Waals surface area contributed by atoms with Crippen LogP contribution in [0.25, 0.3) is 0 Å². The average Bonchev–Trinajstić information content (AvgIpc) is 3.28. The Bertz CT molecular complexity index is 986. The van der Waals surface area contributed by atoms with E-state index in [4.69, 9.17) is 0 Å². The maximum Gasteiger partial charge on any atom is 0.293 e. The predicted octanol–water partition coefficient (Wildman–Crippen LogP) is 3.93. The van der Waals surface area contributed by atoms with Crippen molar-refractivity contribution >= 4 is 17.2 Å². The molecule has 142 valence electrons. The highest BCUT2D eigenvalue weighted by Crippen LogP contribution is 2.35. The summed E-state index contributed by atoms with van der Waals surface area (Å²) in [4.78, 5) is 26.0.